The van der Waals surface area contributed by atoms with Crippen molar-refractivity contribution in [3.8, 4) is 0 Å². The molecule has 1 aromatic carbocycles. The van der Waals surface area contributed by atoms with E-state index in [0.717, 1.165) is 22.3 Å². The Balaban J connectivity index is 2.03. The van der Waals surface area contributed by atoms with Crippen LogP contribution in [-0.4, -0.2) is 35.9 Å². The molecule has 0 saturated heterocycles. The Morgan fingerprint density at radius 3 is 2.76 bits per heavy atom. The summed E-state index contributed by atoms with van der Waals surface area (Å²) in [7, 11) is 3.72. The second kappa shape index (κ2) is 5.35. The largest absolute Gasteiger partial charge is 0.373 e. The lowest BCUT2D eigenvalue weighted by Gasteiger charge is -2.25. The van der Waals surface area contributed by atoms with Gasteiger partial charge in [0, 0.05) is 25.5 Å². The van der Waals surface area contributed by atoms with Gasteiger partial charge < -0.3 is 10.2 Å². The quantitative estimate of drug-likeness (QED) is 0.937. The molecular weight excluding hydrogens is 262 g/mol. The SMILES string of the molecule is CNc1cc(C(=O)N(C)C(C)C2CC2)c2ccccc2n1. The number of rotatable bonds is 4. The van der Waals surface area contributed by atoms with Gasteiger partial charge in [0.1, 0.15) is 5.82 Å². The minimum atomic E-state index is 0.0736. The first kappa shape index (κ1) is 13.9. The number of para-hydroxylation sites is 1. The summed E-state index contributed by atoms with van der Waals surface area (Å²) in [6, 6.07) is 9.94. The number of pyridine rings is 1. The lowest BCUT2D eigenvalue weighted by atomic mass is 10.1. The van der Waals surface area contributed by atoms with Gasteiger partial charge in [-0.3, -0.25) is 4.79 Å². The van der Waals surface area contributed by atoms with Crippen molar-refractivity contribution >= 4 is 22.6 Å². The molecule has 21 heavy (non-hydrogen) atoms. The third-order valence-corrected chi connectivity index (χ3v) is 4.44. The van der Waals surface area contributed by atoms with Crippen LogP contribution in [0.25, 0.3) is 10.9 Å². The monoisotopic (exact) mass is 283 g/mol. The fourth-order valence-electron chi connectivity index (χ4n) is 2.75. The number of fused-ring (bicyclic) bond motifs is 1. The van der Waals surface area contributed by atoms with Gasteiger partial charge in [-0.25, -0.2) is 4.98 Å². The van der Waals surface area contributed by atoms with Crippen LogP contribution in [0.2, 0.25) is 0 Å². The number of benzene rings is 1. The molecule has 1 atom stereocenters. The van der Waals surface area contributed by atoms with Gasteiger partial charge in [0.2, 0.25) is 0 Å². The van der Waals surface area contributed by atoms with Crippen LogP contribution in [0.15, 0.2) is 30.3 Å². The number of hydrogen-bond donors (Lipinski definition) is 1. The summed E-state index contributed by atoms with van der Waals surface area (Å²) in [5.74, 6) is 1.46. The van der Waals surface area contributed by atoms with E-state index < -0.39 is 0 Å². The molecule has 1 saturated carbocycles. The number of hydrogen-bond acceptors (Lipinski definition) is 3. The topological polar surface area (TPSA) is 45.2 Å². The van der Waals surface area contributed by atoms with Gasteiger partial charge >= 0.3 is 0 Å². The van der Waals surface area contributed by atoms with Crippen LogP contribution in [0.4, 0.5) is 5.82 Å². The summed E-state index contributed by atoms with van der Waals surface area (Å²) in [6.45, 7) is 2.14. The molecule has 4 nitrogen and oxygen atoms in total. The third-order valence-electron chi connectivity index (χ3n) is 4.44. The smallest absolute Gasteiger partial charge is 0.254 e. The van der Waals surface area contributed by atoms with Crippen molar-refractivity contribution in [2.75, 3.05) is 19.4 Å². The van der Waals surface area contributed by atoms with Gasteiger partial charge in [-0.15, -0.1) is 0 Å². The second-order valence-corrected chi connectivity index (χ2v) is 5.82. The van der Waals surface area contributed by atoms with Crippen molar-refractivity contribution in [2.24, 2.45) is 5.92 Å². The molecule has 1 aliphatic rings. The Bertz CT molecular complexity index is 679. The zero-order valence-corrected chi connectivity index (χ0v) is 12.8. The van der Waals surface area contributed by atoms with E-state index in [4.69, 9.17) is 0 Å². The molecule has 0 spiro atoms. The Labute approximate surface area is 125 Å². The molecule has 1 unspecified atom stereocenters. The number of carbonyl (C=O) groups is 1. The molecule has 0 bridgehead atoms. The number of nitrogens with zero attached hydrogens (tertiary/aromatic N) is 2. The lowest BCUT2D eigenvalue weighted by molar-refractivity contribution is 0.0729. The van der Waals surface area contributed by atoms with E-state index in [1.54, 1.807) is 0 Å². The third kappa shape index (κ3) is 2.58. The van der Waals surface area contributed by atoms with Gasteiger partial charge in [-0.05, 0) is 37.8 Å². The van der Waals surface area contributed by atoms with Crippen molar-refractivity contribution < 1.29 is 4.79 Å². The maximum absolute atomic E-state index is 12.9. The first-order valence-corrected chi connectivity index (χ1v) is 7.46. The standard InChI is InChI=1S/C17H21N3O/c1-11(12-8-9-12)20(3)17(21)14-10-16(18-2)19-15-7-5-4-6-13(14)15/h4-7,10-12H,8-9H2,1-3H3,(H,18,19). The molecule has 2 aromatic rings. The van der Waals surface area contributed by atoms with Crippen LogP contribution in [0, 0.1) is 5.92 Å². The predicted molar refractivity (Wildman–Crippen MR) is 85.6 cm³/mol. The summed E-state index contributed by atoms with van der Waals surface area (Å²) in [5.41, 5.74) is 1.57. The first-order chi connectivity index (χ1) is 10.1. The van der Waals surface area contributed by atoms with E-state index in [1.807, 2.05) is 49.3 Å². The molecule has 3 rings (SSSR count). The van der Waals surface area contributed by atoms with Gasteiger partial charge in [0.05, 0.1) is 11.1 Å². The molecule has 0 aliphatic heterocycles. The maximum Gasteiger partial charge on any atom is 0.254 e. The van der Waals surface area contributed by atoms with Gasteiger partial charge in [-0.1, -0.05) is 18.2 Å². The van der Waals surface area contributed by atoms with Crippen molar-refractivity contribution in [2.45, 2.75) is 25.8 Å². The fraction of sp³-hybridized carbons (Fsp3) is 0.412. The van der Waals surface area contributed by atoms with Crippen LogP contribution in [0.3, 0.4) is 0 Å². The Morgan fingerprint density at radius 1 is 1.38 bits per heavy atom. The molecule has 110 valence electrons. The molecule has 1 aromatic heterocycles. The number of carbonyl (C=O) groups excluding carboxylic acids is 1. The average Bonchev–Trinajstić information content (AvgIpc) is 3.36. The Kier molecular flexibility index (Phi) is 3.53. The Hall–Kier alpha value is -2.10. The highest BCUT2D eigenvalue weighted by Gasteiger charge is 2.33. The normalized spacial score (nSPS) is 15.8. The fourth-order valence-corrected chi connectivity index (χ4v) is 2.75. The Morgan fingerprint density at radius 2 is 2.10 bits per heavy atom. The molecule has 1 aliphatic carbocycles. The minimum Gasteiger partial charge on any atom is -0.373 e. The summed E-state index contributed by atoms with van der Waals surface area (Å²) >= 11 is 0. The van der Waals surface area contributed by atoms with E-state index >= 15 is 0 Å². The van der Waals surface area contributed by atoms with E-state index in [9.17, 15) is 4.79 Å². The van der Waals surface area contributed by atoms with Crippen molar-refractivity contribution in [1.82, 2.24) is 9.88 Å². The van der Waals surface area contributed by atoms with Crippen LogP contribution >= 0.6 is 0 Å². The number of nitrogens with one attached hydrogen (secondary N) is 1. The van der Waals surface area contributed by atoms with Crippen molar-refractivity contribution in [3.05, 3.63) is 35.9 Å². The van der Waals surface area contributed by atoms with Gasteiger partial charge in [-0.2, -0.15) is 0 Å². The molecule has 1 N–H and O–H groups in total. The summed E-state index contributed by atoms with van der Waals surface area (Å²) in [6.07, 6.45) is 2.47. The zero-order chi connectivity index (χ0) is 15.0. The second-order valence-electron chi connectivity index (χ2n) is 5.82. The van der Waals surface area contributed by atoms with Gasteiger partial charge in [0.25, 0.3) is 5.91 Å². The predicted octanol–water partition coefficient (Wildman–Crippen LogP) is 3.15. The van der Waals surface area contributed by atoms with Crippen LogP contribution in [-0.2, 0) is 0 Å². The van der Waals surface area contributed by atoms with Crippen LogP contribution in [0.1, 0.15) is 30.1 Å². The maximum atomic E-state index is 12.9. The highest BCUT2D eigenvalue weighted by molar-refractivity contribution is 6.07. The lowest BCUT2D eigenvalue weighted by Crippen LogP contribution is -2.36. The molecule has 1 heterocycles. The minimum absolute atomic E-state index is 0.0736. The van der Waals surface area contributed by atoms with Crippen molar-refractivity contribution in [3.63, 3.8) is 0 Å². The first-order valence-electron chi connectivity index (χ1n) is 7.46. The molecule has 4 heteroatoms. The zero-order valence-electron chi connectivity index (χ0n) is 12.8. The number of anilines is 1. The summed E-state index contributed by atoms with van der Waals surface area (Å²) < 4.78 is 0. The molecule has 1 amide bonds. The summed E-state index contributed by atoms with van der Waals surface area (Å²) in [4.78, 5) is 19.3. The van der Waals surface area contributed by atoms with E-state index in [0.29, 0.717) is 12.0 Å². The molecular formula is C17H21N3O. The van der Waals surface area contributed by atoms with Crippen LogP contribution in [0.5, 0.6) is 0 Å². The van der Waals surface area contributed by atoms with Crippen LogP contribution < -0.4 is 5.32 Å². The highest BCUT2D eigenvalue weighted by atomic mass is 16.2. The van der Waals surface area contributed by atoms with Gasteiger partial charge in [0.15, 0.2) is 0 Å². The molecule has 1 fully saturated rings. The highest BCUT2D eigenvalue weighted by Crippen LogP contribution is 2.35. The molecule has 0 radical (unpaired) electrons. The van der Waals surface area contributed by atoms with E-state index in [1.165, 1.54) is 12.8 Å². The average molecular weight is 283 g/mol. The van der Waals surface area contributed by atoms with E-state index in [-0.39, 0.29) is 5.91 Å². The number of amides is 1. The summed E-state index contributed by atoms with van der Waals surface area (Å²) in [5, 5.41) is 3.95. The number of aromatic nitrogens is 1. The van der Waals surface area contributed by atoms with Crippen molar-refractivity contribution in [1.29, 1.82) is 0 Å². The van der Waals surface area contributed by atoms with E-state index in [2.05, 4.69) is 17.2 Å².